The number of likely N-dealkylation sites (tertiary alicyclic amines) is 1. The molecule has 1 aromatic heterocycles. The third-order valence-corrected chi connectivity index (χ3v) is 6.83. The largest absolute Gasteiger partial charge is 0.467 e. The van der Waals surface area contributed by atoms with Gasteiger partial charge in [-0.2, -0.15) is 13.2 Å². The smallest absolute Gasteiger partial charge is 0.416 e. The summed E-state index contributed by atoms with van der Waals surface area (Å²) in [5.41, 5.74) is 0.485. The zero-order valence-electron chi connectivity index (χ0n) is 23.5. The summed E-state index contributed by atoms with van der Waals surface area (Å²) in [5.74, 6) is 0.624. The molecule has 0 N–H and O–H groups in total. The maximum absolute atomic E-state index is 14.4. The van der Waals surface area contributed by atoms with Crippen LogP contribution >= 0.6 is 0 Å². The lowest BCUT2D eigenvalue weighted by Crippen LogP contribution is -2.46. The molecule has 2 aromatic rings. The van der Waals surface area contributed by atoms with Crippen molar-refractivity contribution >= 4 is 11.9 Å². The molecule has 12 heteroatoms. The van der Waals surface area contributed by atoms with Crippen LogP contribution in [0.4, 0.5) is 28.2 Å². The van der Waals surface area contributed by atoms with Gasteiger partial charge in [0.25, 0.3) is 0 Å². The second-order valence-electron chi connectivity index (χ2n) is 11.2. The highest BCUT2D eigenvalue weighted by molar-refractivity contribution is 5.73. The Kier molecular flexibility index (Phi) is 8.77. The predicted octanol–water partition coefficient (Wildman–Crippen LogP) is 5.94. The number of alkyl halides is 4. The summed E-state index contributed by atoms with van der Waals surface area (Å²) in [6.07, 6.45) is -4.56. The lowest BCUT2D eigenvalue weighted by Gasteiger charge is -2.35. The summed E-state index contributed by atoms with van der Waals surface area (Å²) in [6, 6.07) is 3.44. The fourth-order valence-corrected chi connectivity index (χ4v) is 5.12. The Bertz CT molecular complexity index is 1220. The van der Waals surface area contributed by atoms with E-state index in [4.69, 9.17) is 14.2 Å². The van der Waals surface area contributed by atoms with E-state index in [1.807, 2.05) is 11.0 Å². The number of hydrogen-bond donors (Lipinski definition) is 0. The van der Waals surface area contributed by atoms with E-state index in [-0.39, 0.29) is 25.5 Å². The molecular weight excluding hydrogens is 532 g/mol. The van der Waals surface area contributed by atoms with E-state index in [2.05, 4.69) is 10.2 Å². The Hall–Kier alpha value is -3.15. The van der Waals surface area contributed by atoms with E-state index >= 15 is 0 Å². The van der Waals surface area contributed by atoms with Gasteiger partial charge in [-0.15, -0.1) is 10.2 Å². The first-order chi connectivity index (χ1) is 18.8. The van der Waals surface area contributed by atoms with Crippen LogP contribution in [0.15, 0.2) is 18.2 Å². The molecule has 2 aliphatic rings. The van der Waals surface area contributed by atoms with Crippen LogP contribution in [0.1, 0.15) is 57.2 Å². The molecule has 4 rings (SSSR count). The molecule has 0 aliphatic carbocycles. The molecule has 0 saturated carbocycles. The van der Waals surface area contributed by atoms with Crippen LogP contribution < -0.4 is 9.64 Å². The first-order valence-electron chi connectivity index (χ1n) is 13.4. The zero-order valence-corrected chi connectivity index (χ0v) is 23.5. The zero-order chi connectivity index (χ0) is 29.2. The van der Waals surface area contributed by atoms with Crippen molar-refractivity contribution in [1.82, 2.24) is 15.1 Å². The summed E-state index contributed by atoms with van der Waals surface area (Å²) in [4.78, 5) is 16.2. The minimum absolute atomic E-state index is 0.00985. The maximum atomic E-state index is 14.4. The van der Waals surface area contributed by atoms with Crippen LogP contribution in [-0.2, 0) is 22.1 Å². The van der Waals surface area contributed by atoms with Crippen LogP contribution in [0, 0.1) is 6.92 Å². The van der Waals surface area contributed by atoms with E-state index < -0.39 is 35.6 Å². The molecule has 1 aromatic carbocycles. The minimum Gasteiger partial charge on any atom is -0.467 e. The van der Waals surface area contributed by atoms with Gasteiger partial charge >= 0.3 is 12.3 Å². The van der Waals surface area contributed by atoms with Crippen LogP contribution in [0.25, 0.3) is 11.3 Å². The number of rotatable bonds is 7. The number of carbonyl (C=O) groups is 1. The number of benzene rings is 1. The number of carbonyl (C=O) groups excluding carboxylic acids is 1. The summed E-state index contributed by atoms with van der Waals surface area (Å²) in [6.45, 7) is 9.76. The molecule has 8 nitrogen and oxygen atoms in total. The number of ether oxygens (including phenoxy) is 3. The van der Waals surface area contributed by atoms with Gasteiger partial charge in [-0.05, 0) is 76.8 Å². The molecule has 0 unspecified atom stereocenters. The van der Waals surface area contributed by atoms with E-state index in [0.717, 1.165) is 24.1 Å². The number of nitrogens with zero attached hydrogens (tertiary/aromatic N) is 4. The van der Waals surface area contributed by atoms with E-state index in [1.54, 1.807) is 34.6 Å². The number of amides is 1. The fourth-order valence-electron chi connectivity index (χ4n) is 5.12. The Morgan fingerprint density at radius 1 is 1.15 bits per heavy atom. The Morgan fingerprint density at radius 3 is 2.58 bits per heavy atom. The van der Waals surface area contributed by atoms with Crippen LogP contribution in [0.2, 0.25) is 0 Å². The summed E-state index contributed by atoms with van der Waals surface area (Å²) >= 11 is 0. The molecule has 0 radical (unpaired) electrons. The molecule has 1 fully saturated rings. The summed E-state index contributed by atoms with van der Waals surface area (Å²) in [7, 11) is 0. The van der Waals surface area contributed by atoms with Gasteiger partial charge in [-0.1, -0.05) is 0 Å². The van der Waals surface area contributed by atoms with Gasteiger partial charge in [-0.3, -0.25) is 0 Å². The van der Waals surface area contributed by atoms with Gasteiger partial charge in [0.1, 0.15) is 17.5 Å². The number of halogens is 4. The normalized spacial score (nSPS) is 19.5. The highest BCUT2D eigenvalue weighted by Crippen LogP contribution is 2.40. The molecule has 1 saturated heterocycles. The lowest BCUT2D eigenvalue weighted by molar-refractivity contribution is -0.137. The summed E-state index contributed by atoms with van der Waals surface area (Å²) < 4.78 is 71.2. The molecule has 40 heavy (non-hydrogen) atoms. The maximum Gasteiger partial charge on any atom is 0.416 e. The standard InChI is InChI=1S/C28H36F4N4O4/c1-6-38-16-39-23-12-19(28(30,31)32)10-17(2)24(23)22-11-18-8-7-9-35(25(18)34-33-22)15-21-13-20(29)14-36(21)26(37)40-27(3,4)5/h10-12,20-21H,6-9,13-16H2,1-5H3/t20-,21-/m0/s1. The average Bonchev–Trinajstić information content (AvgIpc) is 3.22. The minimum atomic E-state index is -4.54. The third-order valence-electron chi connectivity index (χ3n) is 6.83. The van der Waals surface area contributed by atoms with Gasteiger partial charge in [0.15, 0.2) is 12.6 Å². The highest BCUT2D eigenvalue weighted by atomic mass is 19.4. The number of fused-ring (bicyclic) bond motifs is 1. The second kappa shape index (κ2) is 11.8. The average molecular weight is 569 g/mol. The second-order valence-corrected chi connectivity index (χ2v) is 11.2. The topological polar surface area (TPSA) is 77.0 Å². The molecule has 0 bridgehead atoms. The molecule has 2 atom stereocenters. The predicted molar refractivity (Wildman–Crippen MR) is 141 cm³/mol. The Labute approximate surface area is 231 Å². The lowest BCUT2D eigenvalue weighted by atomic mass is 9.97. The van der Waals surface area contributed by atoms with Gasteiger partial charge in [0.05, 0.1) is 23.8 Å². The number of anilines is 1. The van der Waals surface area contributed by atoms with E-state index in [9.17, 15) is 22.4 Å². The van der Waals surface area contributed by atoms with Crippen molar-refractivity contribution in [3.05, 3.63) is 34.9 Å². The Balaban J connectivity index is 1.62. The quantitative estimate of drug-likeness (QED) is 0.232. The van der Waals surface area contributed by atoms with Crippen molar-refractivity contribution in [2.75, 3.05) is 37.9 Å². The van der Waals surface area contributed by atoms with Crippen LogP contribution in [0.3, 0.4) is 0 Å². The molecule has 3 heterocycles. The van der Waals surface area contributed by atoms with E-state index in [1.165, 1.54) is 4.90 Å². The third kappa shape index (κ3) is 6.94. The van der Waals surface area contributed by atoms with E-state index in [0.29, 0.717) is 48.8 Å². The molecule has 0 spiro atoms. The molecule has 1 amide bonds. The van der Waals surface area contributed by atoms with Gasteiger partial charge in [-0.25, -0.2) is 9.18 Å². The molecule has 2 aliphatic heterocycles. The van der Waals surface area contributed by atoms with Crippen molar-refractivity contribution in [3.8, 4) is 17.0 Å². The van der Waals surface area contributed by atoms with Gasteiger partial charge < -0.3 is 24.0 Å². The van der Waals surface area contributed by atoms with Crippen molar-refractivity contribution in [1.29, 1.82) is 0 Å². The first-order valence-corrected chi connectivity index (χ1v) is 13.4. The number of aryl methyl sites for hydroxylation is 2. The number of aromatic nitrogens is 2. The molecular formula is C28H36F4N4O4. The van der Waals surface area contributed by atoms with Crippen LogP contribution in [-0.4, -0.2) is 72.0 Å². The fraction of sp³-hybridized carbons (Fsp3) is 0.607. The van der Waals surface area contributed by atoms with Crippen molar-refractivity contribution in [2.45, 2.75) is 77.9 Å². The SMILES string of the molecule is CCOCOc1cc(C(F)(F)F)cc(C)c1-c1cc2c(nn1)N(C[C@@H]1C[C@H](F)CN1C(=O)OC(C)(C)C)CCC2. The van der Waals surface area contributed by atoms with Crippen LogP contribution in [0.5, 0.6) is 5.75 Å². The summed E-state index contributed by atoms with van der Waals surface area (Å²) in [5, 5.41) is 8.83. The van der Waals surface area contributed by atoms with Gasteiger partial charge in [0.2, 0.25) is 0 Å². The Morgan fingerprint density at radius 2 is 1.90 bits per heavy atom. The number of hydrogen-bond acceptors (Lipinski definition) is 7. The first kappa shape index (κ1) is 29.8. The van der Waals surface area contributed by atoms with Crippen molar-refractivity contribution in [3.63, 3.8) is 0 Å². The monoisotopic (exact) mass is 568 g/mol. The highest BCUT2D eigenvalue weighted by Gasteiger charge is 2.39. The van der Waals surface area contributed by atoms with Gasteiger partial charge in [0, 0.05) is 31.7 Å². The van der Waals surface area contributed by atoms with Crippen molar-refractivity contribution in [2.24, 2.45) is 0 Å². The van der Waals surface area contributed by atoms with Crippen molar-refractivity contribution < 1.29 is 36.6 Å². The molecule has 220 valence electrons.